The van der Waals surface area contributed by atoms with E-state index in [1.807, 2.05) is 0 Å². The molecular formula is C9H10F3NO. The number of benzene rings is 1. The van der Waals surface area contributed by atoms with Crippen LogP contribution in [0.1, 0.15) is 0 Å². The van der Waals surface area contributed by atoms with Crippen molar-refractivity contribution < 1.29 is 17.9 Å². The smallest absolute Gasteiger partial charge is 0.272 e. The van der Waals surface area contributed by atoms with Gasteiger partial charge in [-0.15, -0.1) is 0 Å². The highest BCUT2D eigenvalue weighted by atomic mass is 19.3. The number of rotatable bonds is 4. The minimum absolute atomic E-state index is 0.217. The molecule has 0 aliphatic carbocycles. The number of halogens is 3. The van der Waals surface area contributed by atoms with Crippen LogP contribution >= 0.6 is 0 Å². The number of ether oxygens (including phenoxy) is 1. The molecule has 0 fully saturated rings. The fourth-order valence-electron chi connectivity index (χ4n) is 0.976. The lowest BCUT2D eigenvalue weighted by atomic mass is 10.3. The van der Waals surface area contributed by atoms with E-state index < -0.39 is 18.8 Å². The second-order valence-corrected chi connectivity index (χ2v) is 2.59. The van der Waals surface area contributed by atoms with Crippen LogP contribution < -0.4 is 10.1 Å². The first kappa shape index (κ1) is 10.7. The van der Waals surface area contributed by atoms with Gasteiger partial charge in [0.15, 0.2) is 0 Å². The van der Waals surface area contributed by atoms with Gasteiger partial charge in [-0.3, -0.25) is 0 Å². The molecule has 0 aliphatic heterocycles. The van der Waals surface area contributed by atoms with Gasteiger partial charge in [0.25, 0.3) is 6.43 Å². The molecule has 0 saturated heterocycles. The summed E-state index contributed by atoms with van der Waals surface area (Å²) >= 11 is 0. The van der Waals surface area contributed by atoms with Crippen molar-refractivity contribution in [3.63, 3.8) is 0 Å². The SMILES string of the molecule is CNc1cc(F)ccc1OCC(F)F. The van der Waals surface area contributed by atoms with Gasteiger partial charge < -0.3 is 10.1 Å². The Morgan fingerprint density at radius 2 is 2.14 bits per heavy atom. The van der Waals surface area contributed by atoms with Crippen LogP contribution in [0.5, 0.6) is 5.75 Å². The van der Waals surface area contributed by atoms with E-state index in [2.05, 4.69) is 5.32 Å². The normalized spacial score (nSPS) is 10.4. The molecule has 2 nitrogen and oxygen atoms in total. The molecule has 1 N–H and O–H groups in total. The maximum Gasteiger partial charge on any atom is 0.272 e. The van der Waals surface area contributed by atoms with Gasteiger partial charge in [-0.2, -0.15) is 0 Å². The van der Waals surface area contributed by atoms with Gasteiger partial charge in [0.2, 0.25) is 0 Å². The largest absolute Gasteiger partial charge is 0.485 e. The summed E-state index contributed by atoms with van der Waals surface area (Å²) in [5.41, 5.74) is 0.352. The minimum atomic E-state index is -2.54. The molecule has 1 rings (SSSR count). The van der Waals surface area contributed by atoms with Crippen LogP contribution in [0.3, 0.4) is 0 Å². The second kappa shape index (κ2) is 4.74. The van der Waals surface area contributed by atoms with Crippen LogP contribution in [0.15, 0.2) is 18.2 Å². The third-order valence-corrected chi connectivity index (χ3v) is 1.58. The Labute approximate surface area is 79.7 Å². The van der Waals surface area contributed by atoms with E-state index in [9.17, 15) is 13.2 Å². The molecule has 0 amide bonds. The van der Waals surface area contributed by atoms with Gasteiger partial charge >= 0.3 is 0 Å². The van der Waals surface area contributed by atoms with Gasteiger partial charge in [-0.25, -0.2) is 13.2 Å². The first-order valence-electron chi connectivity index (χ1n) is 4.01. The third-order valence-electron chi connectivity index (χ3n) is 1.58. The molecule has 0 aromatic heterocycles. The monoisotopic (exact) mass is 205 g/mol. The Kier molecular flexibility index (Phi) is 3.62. The summed E-state index contributed by atoms with van der Waals surface area (Å²) < 4.78 is 41.1. The van der Waals surface area contributed by atoms with E-state index in [0.29, 0.717) is 5.69 Å². The maximum absolute atomic E-state index is 12.7. The van der Waals surface area contributed by atoms with Gasteiger partial charge in [0, 0.05) is 13.1 Å². The predicted octanol–water partition coefficient (Wildman–Crippen LogP) is 2.51. The van der Waals surface area contributed by atoms with Crippen LogP contribution in [0.2, 0.25) is 0 Å². The minimum Gasteiger partial charge on any atom is -0.485 e. The number of hydrogen-bond donors (Lipinski definition) is 1. The molecule has 14 heavy (non-hydrogen) atoms. The van der Waals surface area contributed by atoms with Crippen molar-refractivity contribution in [1.29, 1.82) is 0 Å². The molecule has 0 saturated carbocycles. The summed E-state index contributed by atoms with van der Waals surface area (Å²) in [5.74, 6) is -0.229. The summed E-state index contributed by atoms with van der Waals surface area (Å²) in [6.07, 6.45) is -2.54. The number of anilines is 1. The number of alkyl halides is 2. The first-order valence-corrected chi connectivity index (χ1v) is 4.01. The Hall–Kier alpha value is -1.39. The van der Waals surface area contributed by atoms with Crippen molar-refractivity contribution in [2.45, 2.75) is 6.43 Å². The Morgan fingerprint density at radius 1 is 1.43 bits per heavy atom. The van der Waals surface area contributed by atoms with Crippen molar-refractivity contribution >= 4 is 5.69 Å². The molecule has 0 atom stereocenters. The molecule has 5 heteroatoms. The molecule has 1 aromatic rings. The molecule has 0 unspecified atom stereocenters. The average molecular weight is 205 g/mol. The summed E-state index contributed by atoms with van der Waals surface area (Å²) in [6.45, 7) is -0.694. The van der Waals surface area contributed by atoms with Crippen LogP contribution in [-0.2, 0) is 0 Å². The third kappa shape index (κ3) is 2.83. The summed E-state index contributed by atoms with van der Waals surface area (Å²) in [6, 6.07) is 3.64. The van der Waals surface area contributed by atoms with Gasteiger partial charge in [-0.1, -0.05) is 0 Å². The molecular weight excluding hydrogens is 195 g/mol. The summed E-state index contributed by atoms with van der Waals surface area (Å²) in [5, 5.41) is 2.65. The van der Waals surface area contributed by atoms with Crippen LogP contribution in [-0.4, -0.2) is 20.1 Å². The zero-order valence-corrected chi connectivity index (χ0v) is 7.56. The van der Waals surface area contributed by atoms with Crippen molar-refractivity contribution in [2.75, 3.05) is 19.0 Å². The molecule has 0 radical (unpaired) electrons. The first-order chi connectivity index (χ1) is 6.63. The molecule has 0 spiro atoms. The maximum atomic E-state index is 12.7. The number of hydrogen-bond acceptors (Lipinski definition) is 2. The van der Waals surface area contributed by atoms with E-state index in [1.165, 1.54) is 12.1 Å². The second-order valence-electron chi connectivity index (χ2n) is 2.59. The Morgan fingerprint density at radius 3 is 2.71 bits per heavy atom. The molecule has 0 bridgehead atoms. The van der Waals surface area contributed by atoms with Crippen LogP contribution in [0.4, 0.5) is 18.9 Å². The lowest BCUT2D eigenvalue weighted by Crippen LogP contribution is -2.08. The molecule has 1 aromatic carbocycles. The van der Waals surface area contributed by atoms with E-state index in [4.69, 9.17) is 4.74 Å². The van der Waals surface area contributed by atoms with Crippen LogP contribution in [0, 0.1) is 5.82 Å². The highest BCUT2D eigenvalue weighted by molar-refractivity contribution is 5.55. The Balaban J connectivity index is 2.75. The van der Waals surface area contributed by atoms with Gasteiger partial charge in [-0.05, 0) is 12.1 Å². The lowest BCUT2D eigenvalue weighted by molar-refractivity contribution is 0.0822. The molecule has 0 heterocycles. The average Bonchev–Trinajstić information content (AvgIpc) is 2.15. The van der Waals surface area contributed by atoms with Crippen LogP contribution in [0.25, 0.3) is 0 Å². The summed E-state index contributed by atoms with van der Waals surface area (Å²) in [4.78, 5) is 0. The standard InChI is InChI=1S/C9H10F3NO/c1-13-7-4-6(10)2-3-8(7)14-5-9(11)12/h2-4,9,13H,5H2,1H3. The Bertz CT molecular complexity index is 304. The predicted molar refractivity (Wildman–Crippen MR) is 47.4 cm³/mol. The van der Waals surface area contributed by atoms with Crippen molar-refractivity contribution in [1.82, 2.24) is 0 Å². The van der Waals surface area contributed by atoms with Crippen molar-refractivity contribution in [3.8, 4) is 5.75 Å². The fourth-order valence-corrected chi connectivity index (χ4v) is 0.976. The summed E-state index contributed by atoms with van der Waals surface area (Å²) in [7, 11) is 1.56. The van der Waals surface area contributed by atoms with E-state index >= 15 is 0 Å². The zero-order valence-electron chi connectivity index (χ0n) is 7.56. The van der Waals surface area contributed by atoms with Crippen molar-refractivity contribution in [3.05, 3.63) is 24.0 Å². The molecule has 0 aliphatic rings. The lowest BCUT2D eigenvalue weighted by Gasteiger charge is -2.10. The highest BCUT2D eigenvalue weighted by Gasteiger charge is 2.07. The van der Waals surface area contributed by atoms with E-state index in [-0.39, 0.29) is 5.75 Å². The van der Waals surface area contributed by atoms with Gasteiger partial charge in [0.05, 0.1) is 5.69 Å². The van der Waals surface area contributed by atoms with Gasteiger partial charge in [0.1, 0.15) is 18.2 Å². The van der Waals surface area contributed by atoms with E-state index in [1.54, 1.807) is 7.05 Å². The zero-order chi connectivity index (χ0) is 10.6. The number of nitrogens with one attached hydrogen (secondary N) is 1. The topological polar surface area (TPSA) is 21.3 Å². The highest BCUT2D eigenvalue weighted by Crippen LogP contribution is 2.24. The molecule has 78 valence electrons. The quantitative estimate of drug-likeness (QED) is 0.815. The van der Waals surface area contributed by atoms with Crippen molar-refractivity contribution in [2.24, 2.45) is 0 Å². The van der Waals surface area contributed by atoms with E-state index in [0.717, 1.165) is 6.07 Å². The fraction of sp³-hybridized carbons (Fsp3) is 0.333.